The molecule has 1 amide bonds. The Morgan fingerprint density at radius 1 is 1.30 bits per heavy atom. The van der Waals surface area contributed by atoms with E-state index in [1.165, 1.54) is 0 Å². The highest BCUT2D eigenvalue weighted by molar-refractivity contribution is 7.91. The fourth-order valence-electron chi connectivity index (χ4n) is 2.22. The second kappa shape index (κ2) is 7.41. The maximum atomic E-state index is 12.1. The Hall–Kier alpha value is -2.15. The molecule has 0 aliphatic rings. The minimum Gasteiger partial charge on any atom is -0.351 e. The summed E-state index contributed by atoms with van der Waals surface area (Å²) in [6, 6.07) is 8.81. The van der Waals surface area contributed by atoms with Crippen molar-refractivity contribution in [3.8, 4) is 5.69 Å². The monoisotopic (exact) mass is 335 g/mol. The molecular formula is C16H21N3O3S. The molecule has 124 valence electrons. The van der Waals surface area contributed by atoms with Crippen molar-refractivity contribution in [2.45, 2.75) is 13.8 Å². The van der Waals surface area contributed by atoms with E-state index in [0.29, 0.717) is 5.56 Å². The maximum Gasteiger partial charge on any atom is 0.251 e. The Labute approximate surface area is 136 Å². The fourth-order valence-corrected chi connectivity index (χ4v) is 3.82. The first-order chi connectivity index (χ1) is 10.9. The van der Waals surface area contributed by atoms with Gasteiger partial charge in [0.2, 0.25) is 0 Å². The van der Waals surface area contributed by atoms with E-state index < -0.39 is 9.84 Å². The second-order valence-electron chi connectivity index (χ2n) is 5.77. The van der Waals surface area contributed by atoms with E-state index in [0.717, 1.165) is 5.69 Å². The molecule has 0 saturated carbocycles. The van der Waals surface area contributed by atoms with Crippen LogP contribution in [0, 0.1) is 5.92 Å². The van der Waals surface area contributed by atoms with Crippen LogP contribution >= 0.6 is 0 Å². The van der Waals surface area contributed by atoms with E-state index in [-0.39, 0.29) is 29.9 Å². The van der Waals surface area contributed by atoms with E-state index in [1.54, 1.807) is 41.3 Å². The van der Waals surface area contributed by atoms with Crippen molar-refractivity contribution < 1.29 is 13.2 Å². The molecule has 7 heteroatoms. The average molecular weight is 335 g/mol. The molecule has 1 N–H and O–H groups in total. The highest BCUT2D eigenvalue weighted by Crippen LogP contribution is 2.09. The molecule has 2 aromatic rings. The molecule has 2 rings (SSSR count). The smallest absolute Gasteiger partial charge is 0.251 e. The Bertz CT molecular complexity index is 753. The number of sulfone groups is 1. The molecule has 0 unspecified atom stereocenters. The van der Waals surface area contributed by atoms with E-state index >= 15 is 0 Å². The van der Waals surface area contributed by atoms with Crippen molar-refractivity contribution in [3.05, 3.63) is 48.3 Å². The van der Waals surface area contributed by atoms with Gasteiger partial charge in [-0.3, -0.25) is 4.79 Å². The van der Waals surface area contributed by atoms with Crippen LogP contribution in [0.1, 0.15) is 24.2 Å². The molecule has 0 fully saturated rings. The highest BCUT2D eigenvalue weighted by atomic mass is 32.2. The summed E-state index contributed by atoms with van der Waals surface area (Å²) in [4.78, 5) is 12.1. The molecule has 0 atom stereocenters. The van der Waals surface area contributed by atoms with E-state index in [9.17, 15) is 13.2 Å². The number of amides is 1. The molecule has 1 aromatic carbocycles. The lowest BCUT2D eigenvalue weighted by molar-refractivity contribution is 0.0956. The number of hydrogen-bond donors (Lipinski definition) is 1. The van der Waals surface area contributed by atoms with Crippen LogP contribution < -0.4 is 5.32 Å². The summed E-state index contributed by atoms with van der Waals surface area (Å²) in [6.07, 6.45) is 3.45. The van der Waals surface area contributed by atoms with E-state index in [1.807, 2.05) is 19.9 Å². The van der Waals surface area contributed by atoms with Crippen molar-refractivity contribution in [2.75, 3.05) is 18.1 Å². The lowest BCUT2D eigenvalue weighted by Gasteiger charge is -2.09. The van der Waals surface area contributed by atoms with Crippen LogP contribution in [-0.4, -0.2) is 42.2 Å². The molecule has 0 saturated heterocycles. The van der Waals surface area contributed by atoms with Gasteiger partial charge in [0, 0.05) is 24.5 Å². The van der Waals surface area contributed by atoms with Gasteiger partial charge >= 0.3 is 0 Å². The molecule has 1 aromatic heterocycles. The molecule has 1 heterocycles. The Morgan fingerprint density at radius 3 is 2.74 bits per heavy atom. The first-order valence-electron chi connectivity index (χ1n) is 7.46. The number of carbonyl (C=O) groups excluding carboxylic acids is 1. The molecule has 6 nitrogen and oxygen atoms in total. The summed E-state index contributed by atoms with van der Waals surface area (Å²) in [7, 11) is -3.13. The minimum absolute atomic E-state index is 0.0459. The third-order valence-electron chi connectivity index (χ3n) is 3.16. The van der Waals surface area contributed by atoms with Gasteiger partial charge in [0.1, 0.15) is 0 Å². The predicted octanol–water partition coefficient (Wildman–Crippen LogP) is 1.67. The van der Waals surface area contributed by atoms with Crippen molar-refractivity contribution in [2.24, 2.45) is 5.92 Å². The molecule has 0 spiro atoms. The summed E-state index contributed by atoms with van der Waals surface area (Å²) >= 11 is 0. The zero-order valence-corrected chi connectivity index (χ0v) is 14.1. The number of nitrogens with zero attached hydrogens (tertiary/aromatic N) is 2. The summed E-state index contributed by atoms with van der Waals surface area (Å²) in [5.74, 6) is -0.117. The maximum absolute atomic E-state index is 12.1. The summed E-state index contributed by atoms with van der Waals surface area (Å²) in [5, 5.41) is 6.77. The highest BCUT2D eigenvalue weighted by Gasteiger charge is 2.14. The average Bonchev–Trinajstić information content (AvgIpc) is 3.00. The standard InChI is InChI=1S/C16H21N3O3S/c1-13(2)12-23(21,22)10-8-17-16(20)14-5-3-6-15(11-14)19-9-4-7-18-19/h3-7,9,11,13H,8,10,12H2,1-2H3,(H,17,20). The van der Waals surface area contributed by atoms with Crippen LogP contribution in [0.3, 0.4) is 0 Å². The summed E-state index contributed by atoms with van der Waals surface area (Å²) < 4.78 is 25.3. The summed E-state index contributed by atoms with van der Waals surface area (Å²) in [5.41, 5.74) is 1.24. The Kier molecular flexibility index (Phi) is 5.54. The van der Waals surface area contributed by atoms with Gasteiger partial charge in [-0.2, -0.15) is 5.10 Å². The molecule has 0 radical (unpaired) electrons. The fraction of sp³-hybridized carbons (Fsp3) is 0.375. The van der Waals surface area contributed by atoms with Gasteiger partial charge < -0.3 is 5.32 Å². The van der Waals surface area contributed by atoms with Gasteiger partial charge in [-0.1, -0.05) is 19.9 Å². The number of nitrogens with one attached hydrogen (secondary N) is 1. The van der Waals surface area contributed by atoms with Crippen molar-refractivity contribution in [1.29, 1.82) is 0 Å². The SMILES string of the molecule is CC(C)CS(=O)(=O)CCNC(=O)c1cccc(-n2cccn2)c1. The lowest BCUT2D eigenvalue weighted by Crippen LogP contribution is -2.30. The van der Waals surface area contributed by atoms with Gasteiger partial charge in [0.15, 0.2) is 9.84 Å². The molecule has 0 aliphatic heterocycles. The second-order valence-corrected chi connectivity index (χ2v) is 7.99. The van der Waals surface area contributed by atoms with Crippen LogP contribution in [0.15, 0.2) is 42.7 Å². The third-order valence-corrected chi connectivity index (χ3v) is 5.16. The van der Waals surface area contributed by atoms with E-state index in [4.69, 9.17) is 0 Å². The van der Waals surface area contributed by atoms with Gasteiger partial charge in [-0.25, -0.2) is 13.1 Å². The van der Waals surface area contributed by atoms with Crippen molar-refractivity contribution in [3.63, 3.8) is 0 Å². The van der Waals surface area contributed by atoms with Gasteiger partial charge in [0.25, 0.3) is 5.91 Å². The van der Waals surface area contributed by atoms with Gasteiger partial charge in [0.05, 0.1) is 17.2 Å². The molecular weight excluding hydrogens is 314 g/mol. The summed E-state index contributed by atoms with van der Waals surface area (Å²) in [6.45, 7) is 3.83. The van der Waals surface area contributed by atoms with E-state index in [2.05, 4.69) is 10.4 Å². The minimum atomic E-state index is -3.13. The lowest BCUT2D eigenvalue weighted by atomic mass is 10.2. The quantitative estimate of drug-likeness (QED) is 0.834. The zero-order chi connectivity index (χ0) is 16.9. The van der Waals surface area contributed by atoms with Crippen LogP contribution in [0.2, 0.25) is 0 Å². The van der Waals surface area contributed by atoms with Gasteiger partial charge in [-0.15, -0.1) is 0 Å². The van der Waals surface area contributed by atoms with Crippen LogP contribution in [0.25, 0.3) is 5.69 Å². The normalized spacial score (nSPS) is 11.6. The van der Waals surface area contributed by atoms with Crippen molar-refractivity contribution in [1.82, 2.24) is 15.1 Å². The number of hydrogen-bond acceptors (Lipinski definition) is 4. The number of aromatic nitrogens is 2. The van der Waals surface area contributed by atoms with Crippen LogP contribution in [-0.2, 0) is 9.84 Å². The number of carbonyl (C=O) groups is 1. The number of rotatable bonds is 7. The predicted molar refractivity (Wildman–Crippen MR) is 89.4 cm³/mol. The van der Waals surface area contributed by atoms with Gasteiger partial charge in [-0.05, 0) is 30.2 Å². The van der Waals surface area contributed by atoms with Crippen molar-refractivity contribution >= 4 is 15.7 Å². The Balaban J connectivity index is 1.95. The zero-order valence-electron chi connectivity index (χ0n) is 13.3. The Morgan fingerprint density at radius 2 is 2.09 bits per heavy atom. The molecule has 0 aliphatic carbocycles. The van der Waals surface area contributed by atoms with Crippen LogP contribution in [0.5, 0.6) is 0 Å². The molecule has 23 heavy (non-hydrogen) atoms. The first-order valence-corrected chi connectivity index (χ1v) is 9.28. The largest absolute Gasteiger partial charge is 0.351 e. The third kappa shape index (κ3) is 5.21. The molecule has 0 bridgehead atoms. The van der Waals surface area contributed by atoms with Crippen LogP contribution in [0.4, 0.5) is 0 Å². The number of benzene rings is 1. The first kappa shape index (κ1) is 17.2. The topological polar surface area (TPSA) is 81.1 Å².